The highest BCUT2D eigenvalue weighted by Gasteiger charge is 2.39. The van der Waals surface area contributed by atoms with Crippen molar-refractivity contribution >= 4 is 11.8 Å². The van der Waals surface area contributed by atoms with Gasteiger partial charge in [-0.1, -0.05) is 123 Å². The molecule has 1 fully saturated rings. The summed E-state index contributed by atoms with van der Waals surface area (Å²) in [5, 5.41) is 15.5. The SMILES string of the molecule is CC(=O)NCCCCCC(=O)NCc1ccc([C@H]2O[C@@H](CN(Cc3ccccc3)Cc3ccccc3)[C@@H](C)[C@@H](c3ccc(CO)cc3)O2)cc1. The molecule has 5 rings (SSSR count). The first-order chi connectivity index (χ1) is 24.4. The monoisotopic (exact) mass is 677 g/mol. The lowest BCUT2D eigenvalue weighted by Crippen LogP contribution is -2.44. The molecule has 1 aliphatic rings. The van der Waals surface area contributed by atoms with Gasteiger partial charge in [-0.3, -0.25) is 14.5 Å². The Morgan fingerprint density at radius 2 is 1.30 bits per heavy atom. The normalized spacial score (nSPS) is 18.9. The largest absolute Gasteiger partial charge is 0.392 e. The van der Waals surface area contributed by atoms with Gasteiger partial charge in [0, 0.05) is 57.5 Å². The summed E-state index contributed by atoms with van der Waals surface area (Å²) in [5.74, 6) is 0.0533. The number of aliphatic hydroxyl groups excluding tert-OH is 1. The van der Waals surface area contributed by atoms with Crippen molar-refractivity contribution in [2.45, 2.75) is 84.3 Å². The molecule has 8 heteroatoms. The van der Waals surface area contributed by atoms with Gasteiger partial charge in [0.15, 0.2) is 6.29 Å². The van der Waals surface area contributed by atoms with Crippen molar-refractivity contribution in [3.8, 4) is 0 Å². The highest BCUT2D eigenvalue weighted by molar-refractivity contribution is 5.75. The van der Waals surface area contributed by atoms with Crippen molar-refractivity contribution in [2.75, 3.05) is 13.1 Å². The zero-order valence-electron chi connectivity index (χ0n) is 29.3. The van der Waals surface area contributed by atoms with E-state index in [2.05, 4.69) is 71.0 Å². The van der Waals surface area contributed by atoms with Gasteiger partial charge in [-0.05, 0) is 40.7 Å². The number of nitrogens with zero attached hydrogens (tertiary/aromatic N) is 1. The molecule has 50 heavy (non-hydrogen) atoms. The fourth-order valence-corrected chi connectivity index (χ4v) is 6.38. The topological polar surface area (TPSA) is 100 Å². The Hall–Kier alpha value is -4.34. The Kier molecular flexibility index (Phi) is 14.1. The average molecular weight is 678 g/mol. The fourth-order valence-electron chi connectivity index (χ4n) is 6.38. The van der Waals surface area contributed by atoms with Crippen molar-refractivity contribution in [1.82, 2.24) is 15.5 Å². The minimum Gasteiger partial charge on any atom is -0.392 e. The first-order valence-corrected chi connectivity index (χ1v) is 17.8. The second kappa shape index (κ2) is 19.2. The molecule has 3 N–H and O–H groups in total. The summed E-state index contributed by atoms with van der Waals surface area (Å²) in [5.41, 5.74) is 6.34. The Morgan fingerprint density at radius 3 is 1.90 bits per heavy atom. The van der Waals surface area contributed by atoms with Crippen LogP contribution in [0.1, 0.15) is 85.3 Å². The van der Waals surface area contributed by atoms with Crippen LogP contribution in [0.3, 0.4) is 0 Å². The first kappa shape index (κ1) is 36.9. The van der Waals surface area contributed by atoms with E-state index in [-0.39, 0.29) is 36.5 Å². The van der Waals surface area contributed by atoms with Crippen LogP contribution in [0.4, 0.5) is 0 Å². The minimum atomic E-state index is -0.574. The third-order valence-corrected chi connectivity index (χ3v) is 9.26. The van der Waals surface area contributed by atoms with Crippen LogP contribution in [-0.4, -0.2) is 41.0 Å². The lowest BCUT2D eigenvalue weighted by atomic mass is 9.89. The van der Waals surface area contributed by atoms with Gasteiger partial charge >= 0.3 is 0 Å². The molecule has 0 unspecified atom stereocenters. The van der Waals surface area contributed by atoms with E-state index in [1.165, 1.54) is 18.1 Å². The number of hydrogen-bond acceptors (Lipinski definition) is 6. The van der Waals surface area contributed by atoms with E-state index < -0.39 is 6.29 Å². The molecule has 0 radical (unpaired) electrons. The average Bonchev–Trinajstić information content (AvgIpc) is 3.14. The predicted octanol–water partition coefficient (Wildman–Crippen LogP) is 6.99. The lowest BCUT2D eigenvalue weighted by molar-refractivity contribution is -0.276. The molecule has 264 valence electrons. The zero-order valence-corrected chi connectivity index (χ0v) is 29.3. The van der Waals surface area contributed by atoms with Crippen LogP contribution in [0.5, 0.6) is 0 Å². The van der Waals surface area contributed by atoms with E-state index >= 15 is 0 Å². The van der Waals surface area contributed by atoms with Gasteiger partial charge in [0.2, 0.25) is 11.8 Å². The highest BCUT2D eigenvalue weighted by Crippen LogP contribution is 2.42. The van der Waals surface area contributed by atoms with Gasteiger partial charge in [0.1, 0.15) is 0 Å². The molecule has 1 heterocycles. The van der Waals surface area contributed by atoms with Gasteiger partial charge in [-0.25, -0.2) is 0 Å². The van der Waals surface area contributed by atoms with Gasteiger partial charge in [0.05, 0.1) is 18.8 Å². The maximum Gasteiger partial charge on any atom is 0.220 e. The molecular weight excluding hydrogens is 626 g/mol. The quantitative estimate of drug-likeness (QED) is 0.104. The number of hydrogen-bond donors (Lipinski definition) is 3. The second-order valence-corrected chi connectivity index (χ2v) is 13.3. The molecule has 4 aromatic rings. The number of benzene rings is 4. The maximum atomic E-state index is 12.4. The summed E-state index contributed by atoms with van der Waals surface area (Å²) in [6.45, 7) is 7.10. The Bertz CT molecular complexity index is 1560. The Balaban J connectivity index is 1.27. The number of ether oxygens (including phenoxy) is 2. The summed E-state index contributed by atoms with van der Waals surface area (Å²) in [6.07, 6.45) is 2.11. The number of rotatable bonds is 17. The molecule has 0 aromatic heterocycles. The van der Waals surface area contributed by atoms with E-state index in [1.54, 1.807) is 0 Å². The third kappa shape index (κ3) is 11.4. The van der Waals surface area contributed by atoms with Crippen molar-refractivity contribution in [3.63, 3.8) is 0 Å². The van der Waals surface area contributed by atoms with E-state index in [0.29, 0.717) is 26.1 Å². The molecule has 0 saturated carbocycles. The van der Waals surface area contributed by atoms with Crippen LogP contribution < -0.4 is 10.6 Å². The second-order valence-electron chi connectivity index (χ2n) is 13.3. The molecule has 4 atom stereocenters. The molecular formula is C42H51N3O5. The highest BCUT2D eigenvalue weighted by atomic mass is 16.7. The summed E-state index contributed by atoms with van der Waals surface area (Å²) in [6, 6.07) is 37.2. The van der Waals surface area contributed by atoms with Crippen molar-refractivity contribution in [2.24, 2.45) is 5.92 Å². The summed E-state index contributed by atoms with van der Waals surface area (Å²) < 4.78 is 13.5. The molecule has 0 aliphatic carbocycles. The van der Waals surface area contributed by atoms with Crippen LogP contribution in [0, 0.1) is 5.92 Å². The fraction of sp³-hybridized carbons (Fsp3) is 0.381. The lowest BCUT2D eigenvalue weighted by Gasteiger charge is -2.43. The Morgan fingerprint density at radius 1 is 0.700 bits per heavy atom. The molecule has 0 spiro atoms. The molecule has 4 aromatic carbocycles. The molecule has 2 amide bonds. The summed E-state index contributed by atoms with van der Waals surface area (Å²) >= 11 is 0. The number of amides is 2. The van der Waals surface area contributed by atoms with Crippen LogP contribution in [0.15, 0.2) is 109 Å². The van der Waals surface area contributed by atoms with E-state index in [9.17, 15) is 14.7 Å². The van der Waals surface area contributed by atoms with Gasteiger partial charge in [-0.15, -0.1) is 0 Å². The minimum absolute atomic E-state index is 0.00358. The molecule has 1 aliphatic heterocycles. The zero-order chi connectivity index (χ0) is 35.1. The number of nitrogens with one attached hydrogen (secondary N) is 2. The maximum absolute atomic E-state index is 12.4. The van der Waals surface area contributed by atoms with Gasteiger partial charge in [-0.2, -0.15) is 0 Å². The summed E-state index contributed by atoms with van der Waals surface area (Å²) in [7, 11) is 0. The number of aliphatic hydroxyl groups is 1. The van der Waals surface area contributed by atoms with Crippen LogP contribution in [-0.2, 0) is 45.3 Å². The van der Waals surface area contributed by atoms with Crippen LogP contribution in [0.2, 0.25) is 0 Å². The number of carbonyl (C=O) groups is 2. The summed E-state index contributed by atoms with van der Waals surface area (Å²) in [4.78, 5) is 25.9. The van der Waals surface area contributed by atoms with Crippen molar-refractivity contribution in [3.05, 3.63) is 143 Å². The standard InChI is InChI=1S/C42H51N3O5/c1-31-39(29-45(27-34-12-6-3-7-13-34)28-35-14-8-4-9-15-35)49-42(50-41(31)37-21-19-36(30-46)20-22-37)38-23-17-33(18-24-38)26-44-40(48)16-10-5-11-25-43-32(2)47/h3-4,6-9,12-15,17-24,31,39,41-42,46H,5,10-11,16,25-30H2,1-2H3,(H,43,47)(H,44,48)/t31-,39+,41+,42+/m1/s1. The van der Waals surface area contributed by atoms with Crippen molar-refractivity contribution in [1.29, 1.82) is 0 Å². The van der Waals surface area contributed by atoms with E-state index in [1.807, 2.05) is 60.7 Å². The molecule has 8 nitrogen and oxygen atoms in total. The Labute approximate surface area is 296 Å². The first-order valence-electron chi connectivity index (χ1n) is 17.8. The van der Waals surface area contributed by atoms with Gasteiger partial charge in [0.25, 0.3) is 0 Å². The van der Waals surface area contributed by atoms with E-state index in [0.717, 1.165) is 54.6 Å². The smallest absolute Gasteiger partial charge is 0.220 e. The van der Waals surface area contributed by atoms with Crippen LogP contribution in [0.25, 0.3) is 0 Å². The number of carbonyl (C=O) groups excluding carboxylic acids is 2. The van der Waals surface area contributed by atoms with E-state index in [4.69, 9.17) is 9.47 Å². The van der Waals surface area contributed by atoms with Gasteiger partial charge < -0.3 is 25.2 Å². The molecule has 0 bridgehead atoms. The van der Waals surface area contributed by atoms with Crippen LogP contribution >= 0.6 is 0 Å². The van der Waals surface area contributed by atoms with Crippen molar-refractivity contribution < 1.29 is 24.2 Å². The third-order valence-electron chi connectivity index (χ3n) is 9.26. The molecule has 1 saturated heterocycles. The predicted molar refractivity (Wildman–Crippen MR) is 195 cm³/mol. The number of unbranched alkanes of at least 4 members (excludes halogenated alkanes) is 2.